The van der Waals surface area contributed by atoms with Crippen LogP contribution in [0.2, 0.25) is 5.02 Å². The molecule has 3 heteroatoms. The summed E-state index contributed by atoms with van der Waals surface area (Å²) in [5.41, 5.74) is 2.45. The second-order valence-corrected chi connectivity index (χ2v) is 5.12. The van der Waals surface area contributed by atoms with E-state index in [-0.39, 0.29) is 0 Å². The second kappa shape index (κ2) is 4.62. The van der Waals surface area contributed by atoms with E-state index < -0.39 is 0 Å². The predicted molar refractivity (Wildman–Crippen MR) is 72.5 cm³/mol. The summed E-state index contributed by atoms with van der Waals surface area (Å²) in [4.78, 5) is 4.18. The maximum Gasteiger partial charge on any atom is 0.219 e. The van der Waals surface area contributed by atoms with Crippen LogP contribution in [0, 0.1) is 6.92 Å². The standard InChI is InChI=1S/C15H14ClNO/c1-10-3-2-4-13(11-5-6-11)15(10)18-14-8-7-12(16)9-17-14/h2-4,7-9,11H,5-6H2,1H3. The van der Waals surface area contributed by atoms with Gasteiger partial charge in [-0.25, -0.2) is 4.98 Å². The maximum atomic E-state index is 5.93. The molecule has 1 heterocycles. The van der Waals surface area contributed by atoms with Crippen molar-refractivity contribution in [2.45, 2.75) is 25.7 Å². The molecule has 0 saturated heterocycles. The number of aryl methyl sites for hydroxylation is 1. The van der Waals surface area contributed by atoms with Gasteiger partial charge in [-0.1, -0.05) is 29.8 Å². The zero-order valence-electron chi connectivity index (χ0n) is 10.2. The summed E-state index contributed by atoms with van der Waals surface area (Å²) in [5.74, 6) is 2.21. The third kappa shape index (κ3) is 2.34. The lowest BCUT2D eigenvalue weighted by Gasteiger charge is -2.12. The smallest absolute Gasteiger partial charge is 0.219 e. The van der Waals surface area contributed by atoms with E-state index in [1.54, 1.807) is 18.3 Å². The number of benzene rings is 1. The van der Waals surface area contributed by atoms with Gasteiger partial charge in [0, 0.05) is 12.3 Å². The van der Waals surface area contributed by atoms with Gasteiger partial charge in [0.2, 0.25) is 5.88 Å². The highest BCUT2D eigenvalue weighted by Crippen LogP contribution is 2.46. The summed E-state index contributed by atoms with van der Waals surface area (Å²) in [6.07, 6.45) is 4.12. The Morgan fingerprint density at radius 3 is 2.72 bits per heavy atom. The molecule has 0 aliphatic heterocycles. The molecular weight excluding hydrogens is 246 g/mol. The Bertz CT molecular complexity index is 561. The molecule has 92 valence electrons. The largest absolute Gasteiger partial charge is 0.438 e. The fourth-order valence-corrected chi connectivity index (χ4v) is 2.17. The molecule has 0 amide bonds. The van der Waals surface area contributed by atoms with Gasteiger partial charge < -0.3 is 4.74 Å². The summed E-state index contributed by atoms with van der Waals surface area (Å²) >= 11 is 5.82. The molecule has 1 aliphatic carbocycles. The van der Waals surface area contributed by atoms with E-state index in [9.17, 15) is 0 Å². The van der Waals surface area contributed by atoms with Crippen LogP contribution in [0.1, 0.15) is 29.9 Å². The molecule has 1 aromatic heterocycles. The molecule has 2 nitrogen and oxygen atoms in total. The highest BCUT2D eigenvalue weighted by atomic mass is 35.5. The van der Waals surface area contributed by atoms with E-state index in [0.717, 1.165) is 11.3 Å². The number of rotatable bonds is 3. The van der Waals surface area contributed by atoms with Crippen LogP contribution in [0.25, 0.3) is 0 Å². The Hall–Kier alpha value is -1.54. The van der Waals surface area contributed by atoms with E-state index in [1.165, 1.54) is 18.4 Å². The maximum absolute atomic E-state index is 5.93. The van der Waals surface area contributed by atoms with Gasteiger partial charge in [0.1, 0.15) is 5.75 Å². The van der Waals surface area contributed by atoms with Crippen molar-refractivity contribution in [1.82, 2.24) is 4.98 Å². The van der Waals surface area contributed by atoms with Gasteiger partial charge in [-0.05, 0) is 42.9 Å². The van der Waals surface area contributed by atoms with Crippen molar-refractivity contribution in [3.8, 4) is 11.6 Å². The van der Waals surface area contributed by atoms with Crippen LogP contribution < -0.4 is 4.74 Å². The molecule has 1 aliphatic rings. The second-order valence-electron chi connectivity index (χ2n) is 4.68. The first-order valence-electron chi connectivity index (χ1n) is 6.13. The zero-order chi connectivity index (χ0) is 12.5. The Morgan fingerprint density at radius 1 is 1.22 bits per heavy atom. The molecule has 0 bridgehead atoms. The Kier molecular flexibility index (Phi) is 2.96. The summed E-state index contributed by atoms with van der Waals surface area (Å²) in [7, 11) is 0. The van der Waals surface area contributed by atoms with E-state index in [4.69, 9.17) is 16.3 Å². The Balaban J connectivity index is 1.94. The van der Waals surface area contributed by atoms with Crippen LogP contribution in [-0.4, -0.2) is 4.98 Å². The molecule has 0 spiro atoms. The van der Waals surface area contributed by atoms with Crippen LogP contribution >= 0.6 is 11.6 Å². The number of halogens is 1. The number of pyridine rings is 1. The molecule has 0 atom stereocenters. The molecule has 1 saturated carbocycles. The van der Waals surface area contributed by atoms with Crippen molar-refractivity contribution in [1.29, 1.82) is 0 Å². The van der Waals surface area contributed by atoms with E-state index in [1.807, 2.05) is 0 Å². The number of hydrogen-bond acceptors (Lipinski definition) is 2. The minimum atomic E-state index is 0.593. The van der Waals surface area contributed by atoms with Gasteiger partial charge in [0.25, 0.3) is 0 Å². The molecule has 18 heavy (non-hydrogen) atoms. The zero-order valence-corrected chi connectivity index (χ0v) is 10.9. The van der Waals surface area contributed by atoms with Gasteiger partial charge in [0.15, 0.2) is 0 Å². The van der Waals surface area contributed by atoms with Crippen LogP contribution in [-0.2, 0) is 0 Å². The number of ether oxygens (including phenoxy) is 1. The molecule has 1 aromatic carbocycles. The average molecular weight is 260 g/mol. The first-order chi connectivity index (χ1) is 8.74. The predicted octanol–water partition coefficient (Wildman–Crippen LogP) is 4.71. The minimum absolute atomic E-state index is 0.593. The number of aromatic nitrogens is 1. The van der Waals surface area contributed by atoms with Crippen molar-refractivity contribution in [3.05, 3.63) is 52.7 Å². The minimum Gasteiger partial charge on any atom is -0.438 e. The van der Waals surface area contributed by atoms with Crippen LogP contribution in [0.5, 0.6) is 11.6 Å². The van der Waals surface area contributed by atoms with Crippen molar-refractivity contribution < 1.29 is 4.74 Å². The molecule has 0 radical (unpaired) electrons. The molecular formula is C15H14ClNO. The first kappa shape index (κ1) is 11.5. The highest BCUT2D eigenvalue weighted by Gasteiger charge is 2.27. The number of hydrogen-bond donors (Lipinski definition) is 0. The number of nitrogens with zero attached hydrogens (tertiary/aromatic N) is 1. The van der Waals surface area contributed by atoms with Gasteiger partial charge in [-0.15, -0.1) is 0 Å². The molecule has 0 N–H and O–H groups in total. The topological polar surface area (TPSA) is 22.1 Å². The number of para-hydroxylation sites is 1. The van der Waals surface area contributed by atoms with E-state index >= 15 is 0 Å². The normalized spacial score (nSPS) is 14.6. The Labute approximate surface area is 112 Å². The van der Waals surface area contributed by atoms with Gasteiger partial charge in [0.05, 0.1) is 5.02 Å². The molecule has 1 fully saturated rings. The van der Waals surface area contributed by atoms with Crippen LogP contribution in [0.15, 0.2) is 36.5 Å². The lowest BCUT2D eigenvalue weighted by atomic mass is 10.1. The third-order valence-corrected chi connectivity index (χ3v) is 3.39. The lowest BCUT2D eigenvalue weighted by molar-refractivity contribution is 0.454. The molecule has 3 rings (SSSR count). The highest BCUT2D eigenvalue weighted by molar-refractivity contribution is 6.30. The average Bonchev–Trinajstić information content (AvgIpc) is 3.18. The molecule has 2 aromatic rings. The lowest BCUT2D eigenvalue weighted by Crippen LogP contribution is -1.94. The van der Waals surface area contributed by atoms with Gasteiger partial charge >= 0.3 is 0 Å². The third-order valence-electron chi connectivity index (χ3n) is 3.17. The Morgan fingerprint density at radius 2 is 2.06 bits per heavy atom. The quantitative estimate of drug-likeness (QED) is 0.796. The summed E-state index contributed by atoms with van der Waals surface area (Å²) in [6.45, 7) is 2.07. The van der Waals surface area contributed by atoms with Gasteiger partial charge in [-0.2, -0.15) is 0 Å². The fourth-order valence-electron chi connectivity index (χ4n) is 2.06. The van der Waals surface area contributed by atoms with Crippen molar-refractivity contribution in [2.75, 3.05) is 0 Å². The van der Waals surface area contributed by atoms with Gasteiger partial charge in [-0.3, -0.25) is 0 Å². The van der Waals surface area contributed by atoms with Crippen molar-refractivity contribution in [3.63, 3.8) is 0 Å². The van der Waals surface area contributed by atoms with E-state index in [2.05, 4.69) is 30.1 Å². The SMILES string of the molecule is Cc1cccc(C2CC2)c1Oc1ccc(Cl)cn1. The summed E-state index contributed by atoms with van der Waals surface area (Å²) in [5, 5.41) is 0.620. The summed E-state index contributed by atoms with van der Waals surface area (Å²) < 4.78 is 5.93. The molecule has 0 unspecified atom stereocenters. The van der Waals surface area contributed by atoms with Crippen LogP contribution in [0.3, 0.4) is 0 Å². The van der Waals surface area contributed by atoms with Crippen LogP contribution in [0.4, 0.5) is 0 Å². The summed E-state index contributed by atoms with van der Waals surface area (Å²) in [6, 6.07) is 9.89. The van der Waals surface area contributed by atoms with Crippen molar-refractivity contribution in [2.24, 2.45) is 0 Å². The fraction of sp³-hybridized carbons (Fsp3) is 0.267. The van der Waals surface area contributed by atoms with E-state index in [0.29, 0.717) is 16.8 Å². The van der Waals surface area contributed by atoms with Crippen molar-refractivity contribution >= 4 is 11.6 Å². The first-order valence-corrected chi connectivity index (χ1v) is 6.51. The monoisotopic (exact) mass is 259 g/mol.